The van der Waals surface area contributed by atoms with Crippen LogP contribution in [-0.2, 0) is 4.74 Å². The lowest BCUT2D eigenvalue weighted by Crippen LogP contribution is -2.08. The Bertz CT molecular complexity index is 388. The first kappa shape index (κ1) is 11.3. The van der Waals surface area contributed by atoms with Crippen LogP contribution < -0.4 is 5.73 Å². The maximum atomic E-state index is 11.4. The topological polar surface area (TPSA) is 52.3 Å². The van der Waals surface area contributed by atoms with Crippen molar-refractivity contribution in [2.75, 3.05) is 12.8 Å². The predicted molar refractivity (Wildman–Crippen MR) is 64.4 cm³/mol. The van der Waals surface area contributed by atoms with Crippen molar-refractivity contribution in [1.29, 1.82) is 0 Å². The highest BCUT2D eigenvalue weighted by Crippen LogP contribution is 2.26. The molecule has 76 valence electrons. The van der Waals surface area contributed by atoms with Gasteiger partial charge in [0.25, 0.3) is 0 Å². The standard InChI is InChI=1S/C10H12INO2/c1-5-6(2)9(12)8(11)4-7(5)10(13)14-3/h4H,12H2,1-3H3. The van der Waals surface area contributed by atoms with E-state index in [1.165, 1.54) is 7.11 Å². The third-order valence-electron chi connectivity index (χ3n) is 2.30. The minimum Gasteiger partial charge on any atom is -0.465 e. The van der Waals surface area contributed by atoms with E-state index < -0.39 is 0 Å². The minimum absolute atomic E-state index is 0.316. The lowest BCUT2D eigenvalue weighted by Gasteiger charge is -2.11. The number of hydrogen-bond acceptors (Lipinski definition) is 3. The summed E-state index contributed by atoms with van der Waals surface area (Å²) in [4.78, 5) is 11.4. The van der Waals surface area contributed by atoms with Crippen LogP contribution in [0.2, 0.25) is 0 Å². The summed E-state index contributed by atoms with van der Waals surface area (Å²) in [7, 11) is 1.38. The SMILES string of the molecule is COC(=O)c1cc(I)c(N)c(C)c1C. The van der Waals surface area contributed by atoms with Gasteiger partial charge in [0.1, 0.15) is 0 Å². The Morgan fingerprint density at radius 1 is 1.43 bits per heavy atom. The zero-order valence-corrected chi connectivity index (χ0v) is 10.5. The van der Waals surface area contributed by atoms with Crippen molar-refractivity contribution in [2.45, 2.75) is 13.8 Å². The van der Waals surface area contributed by atoms with Gasteiger partial charge >= 0.3 is 5.97 Å². The maximum Gasteiger partial charge on any atom is 0.338 e. The molecule has 0 amide bonds. The van der Waals surface area contributed by atoms with Gasteiger partial charge in [-0.1, -0.05) is 0 Å². The molecule has 0 saturated heterocycles. The van der Waals surface area contributed by atoms with Gasteiger partial charge in [-0.25, -0.2) is 4.79 Å². The van der Waals surface area contributed by atoms with E-state index in [0.29, 0.717) is 5.56 Å². The molecule has 3 nitrogen and oxygen atoms in total. The number of hydrogen-bond donors (Lipinski definition) is 1. The average Bonchev–Trinajstić information content (AvgIpc) is 2.19. The first-order valence-corrected chi connectivity index (χ1v) is 5.20. The number of nitrogens with two attached hydrogens (primary N) is 1. The molecule has 0 radical (unpaired) electrons. The van der Waals surface area contributed by atoms with E-state index in [4.69, 9.17) is 5.73 Å². The zero-order chi connectivity index (χ0) is 10.9. The third kappa shape index (κ3) is 1.84. The first-order chi connectivity index (χ1) is 6.49. The predicted octanol–water partition coefficient (Wildman–Crippen LogP) is 2.28. The molecule has 1 aromatic rings. The van der Waals surface area contributed by atoms with Crippen molar-refractivity contribution in [3.63, 3.8) is 0 Å². The second-order valence-electron chi connectivity index (χ2n) is 3.06. The fourth-order valence-corrected chi connectivity index (χ4v) is 1.93. The Kier molecular flexibility index (Phi) is 3.36. The van der Waals surface area contributed by atoms with E-state index >= 15 is 0 Å². The van der Waals surface area contributed by atoms with Crippen LogP contribution in [0.3, 0.4) is 0 Å². The molecule has 0 unspecified atom stereocenters. The molecular formula is C10H12INO2. The van der Waals surface area contributed by atoms with E-state index in [1.54, 1.807) is 6.07 Å². The first-order valence-electron chi connectivity index (χ1n) is 4.12. The van der Waals surface area contributed by atoms with Crippen LogP contribution in [0.1, 0.15) is 21.5 Å². The molecule has 2 N–H and O–H groups in total. The molecule has 1 aromatic carbocycles. The van der Waals surface area contributed by atoms with Crippen LogP contribution in [0.25, 0.3) is 0 Å². The van der Waals surface area contributed by atoms with Crippen LogP contribution in [0, 0.1) is 17.4 Å². The van der Waals surface area contributed by atoms with E-state index in [9.17, 15) is 4.79 Å². The molecule has 0 aliphatic carbocycles. The van der Waals surface area contributed by atoms with Crippen molar-refractivity contribution in [3.8, 4) is 0 Å². The number of nitrogen functional groups attached to an aromatic ring is 1. The van der Waals surface area contributed by atoms with Crippen molar-refractivity contribution in [1.82, 2.24) is 0 Å². The van der Waals surface area contributed by atoms with Gasteiger partial charge in [0.2, 0.25) is 0 Å². The van der Waals surface area contributed by atoms with Gasteiger partial charge in [-0.3, -0.25) is 0 Å². The molecule has 4 heteroatoms. The summed E-state index contributed by atoms with van der Waals surface area (Å²) in [6, 6.07) is 1.75. The molecule has 1 rings (SSSR count). The molecule has 0 spiro atoms. The number of benzene rings is 1. The van der Waals surface area contributed by atoms with Crippen molar-refractivity contribution in [2.24, 2.45) is 0 Å². The summed E-state index contributed by atoms with van der Waals surface area (Å²) in [5, 5.41) is 0. The third-order valence-corrected chi connectivity index (χ3v) is 3.20. The Morgan fingerprint density at radius 2 is 2.00 bits per heavy atom. The van der Waals surface area contributed by atoms with Gasteiger partial charge in [0, 0.05) is 9.26 Å². The number of methoxy groups -OCH3 is 1. The number of carbonyl (C=O) groups is 1. The lowest BCUT2D eigenvalue weighted by atomic mass is 10.0. The van der Waals surface area contributed by atoms with Crippen LogP contribution in [0.4, 0.5) is 5.69 Å². The fourth-order valence-electron chi connectivity index (χ4n) is 1.22. The average molecular weight is 305 g/mol. The molecule has 0 aliphatic rings. The summed E-state index contributed by atoms with van der Waals surface area (Å²) in [6.07, 6.45) is 0. The van der Waals surface area contributed by atoms with Gasteiger partial charge < -0.3 is 10.5 Å². The van der Waals surface area contributed by atoms with Gasteiger partial charge in [-0.05, 0) is 53.6 Å². The zero-order valence-electron chi connectivity index (χ0n) is 8.35. The summed E-state index contributed by atoms with van der Waals surface area (Å²) >= 11 is 2.11. The van der Waals surface area contributed by atoms with Gasteiger partial charge in [-0.15, -0.1) is 0 Å². The number of rotatable bonds is 1. The molecule has 0 aliphatic heterocycles. The van der Waals surface area contributed by atoms with Crippen molar-refractivity contribution >= 4 is 34.2 Å². The van der Waals surface area contributed by atoms with Crippen LogP contribution in [0.15, 0.2) is 6.07 Å². The van der Waals surface area contributed by atoms with Gasteiger partial charge in [0.15, 0.2) is 0 Å². The Labute approximate surface area is 96.8 Å². The molecule has 0 saturated carbocycles. The Morgan fingerprint density at radius 3 is 2.50 bits per heavy atom. The number of halogens is 1. The van der Waals surface area contributed by atoms with E-state index in [2.05, 4.69) is 27.3 Å². The van der Waals surface area contributed by atoms with Crippen LogP contribution in [-0.4, -0.2) is 13.1 Å². The van der Waals surface area contributed by atoms with Gasteiger partial charge in [-0.2, -0.15) is 0 Å². The van der Waals surface area contributed by atoms with Crippen molar-refractivity contribution < 1.29 is 9.53 Å². The minimum atomic E-state index is -0.316. The molecule has 0 aromatic heterocycles. The molecule has 0 heterocycles. The summed E-state index contributed by atoms with van der Waals surface area (Å²) in [6.45, 7) is 3.77. The van der Waals surface area contributed by atoms with E-state index in [1.807, 2.05) is 13.8 Å². The molecular weight excluding hydrogens is 293 g/mol. The highest BCUT2D eigenvalue weighted by Gasteiger charge is 2.14. The highest BCUT2D eigenvalue weighted by atomic mass is 127. The second-order valence-corrected chi connectivity index (χ2v) is 4.22. The maximum absolute atomic E-state index is 11.4. The van der Waals surface area contributed by atoms with Crippen LogP contribution >= 0.6 is 22.6 Å². The summed E-state index contributed by atoms with van der Waals surface area (Å²) in [5.74, 6) is -0.316. The van der Waals surface area contributed by atoms with Gasteiger partial charge in [0.05, 0.1) is 12.7 Å². The Hall–Kier alpha value is -0.780. The number of carbonyl (C=O) groups excluding carboxylic acids is 1. The lowest BCUT2D eigenvalue weighted by molar-refractivity contribution is 0.0600. The number of esters is 1. The fraction of sp³-hybridized carbons (Fsp3) is 0.300. The smallest absolute Gasteiger partial charge is 0.338 e. The number of ether oxygens (including phenoxy) is 1. The summed E-state index contributed by atoms with van der Waals surface area (Å²) < 4.78 is 5.56. The van der Waals surface area contributed by atoms with E-state index in [0.717, 1.165) is 20.4 Å². The normalized spacial score (nSPS) is 10.0. The summed E-state index contributed by atoms with van der Waals surface area (Å²) in [5.41, 5.74) is 8.98. The molecule has 0 bridgehead atoms. The quantitative estimate of drug-likeness (QED) is 0.492. The monoisotopic (exact) mass is 305 g/mol. The molecule has 0 fully saturated rings. The largest absolute Gasteiger partial charge is 0.465 e. The highest BCUT2D eigenvalue weighted by molar-refractivity contribution is 14.1. The second kappa shape index (κ2) is 4.16. The molecule has 14 heavy (non-hydrogen) atoms. The Balaban J connectivity index is 3.40. The number of anilines is 1. The van der Waals surface area contributed by atoms with E-state index in [-0.39, 0.29) is 5.97 Å². The van der Waals surface area contributed by atoms with Crippen LogP contribution in [0.5, 0.6) is 0 Å². The molecule has 0 atom stereocenters. The van der Waals surface area contributed by atoms with Crippen molar-refractivity contribution in [3.05, 3.63) is 26.3 Å².